The average Bonchev–Trinajstić information content (AvgIpc) is 2.73. The van der Waals surface area contributed by atoms with Crippen LogP contribution in [0, 0.1) is 5.92 Å². The molecule has 142 valence electrons. The van der Waals surface area contributed by atoms with Crippen molar-refractivity contribution < 1.29 is 9.59 Å². The number of piperidine rings is 1. The van der Waals surface area contributed by atoms with E-state index in [-0.39, 0.29) is 11.8 Å². The van der Waals surface area contributed by atoms with E-state index in [2.05, 4.69) is 5.32 Å². The number of rotatable bonds is 3. The standard InChI is InChI=1S/C22H27N3O2/c26-21(15-17-5-4-10-23-16-17)24-11-13-25(14-12-24)22(27)20-9-3-7-18-6-1-2-8-19(18)20/h1-3,6-9,17,23H,4-5,10-16H2. The van der Waals surface area contributed by atoms with Crippen LogP contribution in [0.15, 0.2) is 42.5 Å². The van der Waals surface area contributed by atoms with Crippen molar-refractivity contribution in [2.75, 3.05) is 39.3 Å². The molecule has 5 nitrogen and oxygen atoms in total. The molecular formula is C22H27N3O2. The molecule has 2 heterocycles. The molecule has 0 aliphatic carbocycles. The monoisotopic (exact) mass is 365 g/mol. The molecule has 2 amide bonds. The van der Waals surface area contributed by atoms with Crippen LogP contribution in [0.5, 0.6) is 0 Å². The van der Waals surface area contributed by atoms with Gasteiger partial charge in [-0.25, -0.2) is 0 Å². The van der Waals surface area contributed by atoms with E-state index in [9.17, 15) is 9.59 Å². The lowest BCUT2D eigenvalue weighted by atomic mass is 9.95. The van der Waals surface area contributed by atoms with Gasteiger partial charge in [0.25, 0.3) is 5.91 Å². The Hall–Kier alpha value is -2.40. The fraction of sp³-hybridized carbons (Fsp3) is 0.455. The first kappa shape index (κ1) is 18.0. The maximum atomic E-state index is 13.0. The first-order chi connectivity index (χ1) is 13.2. The van der Waals surface area contributed by atoms with E-state index in [1.807, 2.05) is 52.3 Å². The molecule has 2 fully saturated rings. The van der Waals surface area contributed by atoms with Crippen molar-refractivity contribution in [1.82, 2.24) is 15.1 Å². The van der Waals surface area contributed by atoms with Crippen LogP contribution in [0.25, 0.3) is 10.8 Å². The highest BCUT2D eigenvalue weighted by Gasteiger charge is 2.27. The number of hydrogen-bond acceptors (Lipinski definition) is 3. The minimum atomic E-state index is 0.0652. The van der Waals surface area contributed by atoms with Gasteiger partial charge >= 0.3 is 0 Å². The maximum Gasteiger partial charge on any atom is 0.254 e. The van der Waals surface area contributed by atoms with Crippen molar-refractivity contribution in [3.8, 4) is 0 Å². The Morgan fingerprint density at radius 1 is 0.963 bits per heavy atom. The van der Waals surface area contributed by atoms with Crippen LogP contribution in [0.2, 0.25) is 0 Å². The lowest BCUT2D eigenvalue weighted by molar-refractivity contribution is -0.133. The van der Waals surface area contributed by atoms with Gasteiger partial charge in [-0.05, 0) is 48.7 Å². The summed E-state index contributed by atoms with van der Waals surface area (Å²) in [7, 11) is 0. The maximum absolute atomic E-state index is 13.0. The molecule has 5 heteroatoms. The van der Waals surface area contributed by atoms with Crippen LogP contribution in [0.1, 0.15) is 29.6 Å². The summed E-state index contributed by atoms with van der Waals surface area (Å²) in [5, 5.41) is 5.45. The quantitative estimate of drug-likeness (QED) is 0.909. The number of fused-ring (bicyclic) bond motifs is 1. The number of carbonyl (C=O) groups is 2. The van der Waals surface area contributed by atoms with Crippen molar-refractivity contribution in [2.24, 2.45) is 5.92 Å². The van der Waals surface area contributed by atoms with Gasteiger partial charge < -0.3 is 15.1 Å². The zero-order chi connectivity index (χ0) is 18.6. The minimum absolute atomic E-state index is 0.0652. The molecule has 0 radical (unpaired) electrons. The van der Waals surface area contributed by atoms with Crippen LogP contribution < -0.4 is 5.32 Å². The summed E-state index contributed by atoms with van der Waals surface area (Å²) in [4.78, 5) is 29.4. The highest BCUT2D eigenvalue weighted by molar-refractivity contribution is 6.07. The number of hydrogen-bond donors (Lipinski definition) is 1. The van der Waals surface area contributed by atoms with E-state index in [1.165, 1.54) is 0 Å². The predicted molar refractivity (Wildman–Crippen MR) is 107 cm³/mol. The second kappa shape index (κ2) is 8.09. The Bertz CT molecular complexity index is 816. The SMILES string of the molecule is O=C(CC1CCCNC1)N1CCN(C(=O)c2cccc3ccccc23)CC1. The topological polar surface area (TPSA) is 52.7 Å². The minimum Gasteiger partial charge on any atom is -0.339 e. The third kappa shape index (κ3) is 3.98. The van der Waals surface area contributed by atoms with Crippen molar-refractivity contribution >= 4 is 22.6 Å². The largest absolute Gasteiger partial charge is 0.339 e. The molecule has 2 aliphatic heterocycles. The van der Waals surface area contributed by atoms with E-state index in [0.29, 0.717) is 38.5 Å². The normalized spacial score (nSPS) is 20.7. The molecule has 4 rings (SSSR count). The van der Waals surface area contributed by atoms with E-state index < -0.39 is 0 Å². The number of nitrogens with zero attached hydrogens (tertiary/aromatic N) is 2. The molecule has 27 heavy (non-hydrogen) atoms. The number of amides is 2. The second-order valence-electron chi connectivity index (χ2n) is 7.62. The fourth-order valence-corrected chi connectivity index (χ4v) is 4.22. The van der Waals surface area contributed by atoms with Gasteiger partial charge in [0.2, 0.25) is 5.91 Å². The smallest absolute Gasteiger partial charge is 0.254 e. The van der Waals surface area contributed by atoms with Crippen molar-refractivity contribution in [1.29, 1.82) is 0 Å². The Morgan fingerprint density at radius 3 is 2.48 bits per heavy atom. The Balaban J connectivity index is 1.37. The molecule has 0 saturated carbocycles. The summed E-state index contributed by atoms with van der Waals surface area (Å²) in [6.07, 6.45) is 2.92. The first-order valence-electron chi connectivity index (χ1n) is 9.98. The molecule has 2 aromatic carbocycles. The third-order valence-corrected chi connectivity index (χ3v) is 5.80. The second-order valence-corrected chi connectivity index (χ2v) is 7.62. The van der Waals surface area contributed by atoms with Crippen molar-refractivity contribution in [3.63, 3.8) is 0 Å². The van der Waals surface area contributed by atoms with Gasteiger partial charge in [-0.15, -0.1) is 0 Å². The summed E-state index contributed by atoms with van der Waals surface area (Å²) in [6, 6.07) is 13.9. The zero-order valence-electron chi connectivity index (χ0n) is 15.7. The van der Waals surface area contributed by atoms with Gasteiger partial charge in [0, 0.05) is 38.2 Å². The van der Waals surface area contributed by atoms with Gasteiger partial charge in [-0.1, -0.05) is 36.4 Å². The predicted octanol–water partition coefficient (Wildman–Crippen LogP) is 2.51. The zero-order valence-corrected chi connectivity index (χ0v) is 15.7. The first-order valence-corrected chi connectivity index (χ1v) is 9.98. The van der Waals surface area contributed by atoms with E-state index in [1.54, 1.807) is 0 Å². The average molecular weight is 365 g/mol. The van der Waals surface area contributed by atoms with Gasteiger partial charge in [-0.3, -0.25) is 9.59 Å². The van der Waals surface area contributed by atoms with Gasteiger partial charge in [0.15, 0.2) is 0 Å². The van der Waals surface area contributed by atoms with Crippen LogP contribution in [0.4, 0.5) is 0 Å². The van der Waals surface area contributed by atoms with Crippen molar-refractivity contribution in [3.05, 3.63) is 48.0 Å². The van der Waals surface area contributed by atoms with Crippen LogP contribution in [-0.4, -0.2) is 60.9 Å². The molecule has 0 aromatic heterocycles. The lowest BCUT2D eigenvalue weighted by Gasteiger charge is -2.36. The fourth-order valence-electron chi connectivity index (χ4n) is 4.22. The van der Waals surface area contributed by atoms with E-state index in [4.69, 9.17) is 0 Å². The third-order valence-electron chi connectivity index (χ3n) is 5.80. The van der Waals surface area contributed by atoms with E-state index >= 15 is 0 Å². The molecule has 0 spiro atoms. The summed E-state index contributed by atoms with van der Waals surface area (Å²) in [5.74, 6) is 0.762. The summed E-state index contributed by atoms with van der Waals surface area (Å²) >= 11 is 0. The molecule has 1 atom stereocenters. The molecule has 2 saturated heterocycles. The highest BCUT2D eigenvalue weighted by Crippen LogP contribution is 2.21. The van der Waals surface area contributed by atoms with Gasteiger partial charge in [-0.2, -0.15) is 0 Å². The summed E-state index contributed by atoms with van der Waals surface area (Å²) in [5.41, 5.74) is 0.751. The van der Waals surface area contributed by atoms with Crippen LogP contribution in [-0.2, 0) is 4.79 Å². The van der Waals surface area contributed by atoms with Crippen LogP contribution >= 0.6 is 0 Å². The summed E-state index contributed by atoms with van der Waals surface area (Å²) in [6.45, 7) is 4.50. The Kier molecular flexibility index (Phi) is 5.39. The molecular weight excluding hydrogens is 338 g/mol. The molecule has 1 unspecified atom stereocenters. The van der Waals surface area contributed by atoms with Gasteiger partial charge in [0.05, 0.1) is 0 Å². The van der Waals surface area contributed by atoms with Crippen molar-refractivity contribution in [2.45, 2.75) is 19.3 Å². The number of benzene rings is 2. The Labute approximate surface area is 160 Å². The molecule has 2 aromatic rings. The number of nitrogens with one attached hydrogen (secondary N) is 1. The summed E-state index contributed by atoms with van der Waals surface area (Å²) < 4.78 is 0. The highest BCUT2D eigenvalue weighted by atomic mass is 16.2. The van der Waals surface area contributed by atoms with Crippen LogP contribution in [0.3, 0.4) is 0 Å². The molecule has 2 aliphatic rings. The molecule has 0 bridgehead atoms. The number of piperazine rings is 1. The van der Waals surface area contributed by atoms with E-state index in [0.717, 1.165) is 42.3 Å². The number of carbonyl (C=O) groups excluding carboxylic acids is 2. The van der Waals surface area contributed by atoms with Gasteiger partial charge in [0.1, 0.15) is 0 Å². The molecule has 1 N–H and O–H groups in total. The lowest BCUT2D eigenvalue weighted by Crippen LogP contribution is -2.51. The Morgan fingerprint density at radius 2 is 1.70 bits per heavy atom.